The summed E-state index contributed by atoms with van der Waals surface area (Å²) in [5.41, 5.74) is -0.409. The molecule has 0 aromatic heterocycles. The van der Waals surface area contributed by atoms with Crippen molar-refractivity contribution in [3.05, 3.63) is 0 Å². The van der Waals surface area contributed by atoms with Crippen LogP contribution in [0.3, 0.4) is 0 Å². The minimum atomic E-state index is -0.409. The summed E-state index contributed by atoms with van der Waals surface area (Å²) in [7, 11) is 0. The van der Waals surface area contributed by atoms with Gasteiger partial charge in [0.2, 0.25) is 0 Å². The van der Waals surface area contributed by atoms with E-state index in [9.17, 15) is 5.26 Å². The Morgan fingerprint density at radius 1 is 1.33 bits per heavy atom. The Bertz CT molecular complexity index is 330. The van der Waals surface area contributed by atoms with E-state index in [2.05, 4.69) is 46.0 Å². The molecule has 1 fully saturated rings. The first kappa shape index (κ1) is 18.4. The van der Waals surface area contributed by atoms with E-state index >= 15 is 0 Å². The van der Waals surface area contributed by atoms with Crippen molar-refractivity contribution in [3.8, 4) is 6.07 Å². The van der Waals surface area contributed by atoms with E-state index in [1.807, 2.05) is 0 Å². The van der Waals surface area contributed by atoms with Crippen LogP contribution in [-0.2, 0) is 9.47 Å². The third-order valence-corrected chi connectivity index (χ3v) is 4.14. The summed E-state index contributed by atoms with van der Waals surface area (Å²) in [6.07, 6.45) is 5.42. The van der Waals surface area contributed by atoms with Gasteiger partial charge in [-0.05, 0) is 59.8 Å². The maximum absolute atomic E-state index is 9.47. The maximum atomic E-state index is 9.47. The minimum Gasteiger partial charge on any atom is -0.378 e. The van der Waals surface area contributed by atoms with Crippen LogP contribution in [0.4, 0.5) is 0 Å². The zero-order valence-electron chi connectivity index (χ0n) is 14.3. The molecule has 0 aromatic rings. The molecule has 1 N–H and O–H groups in total. The van der Waals surface area contributed by atoms with Crippen LogP contribution in [0, 0.1) is 11.3 Å². The van der Waals surface area contributed by atoms with Gasteiger partial charge in [-0.2, -0.15) is 5.26 Å². The molecule has 0 saturated carbocycles. The van der Waals surface area contributed by atoms with Gasteiger partial charge < -0.3 is 9.47 Å². The highest BCUT2D eigenvalue weighted by Gasteiger charge is 2.28. The van der Waals surface area contributed by atoms with Gasteiger partial charge in [0.25, 0.3) is 0 Å². The first-order valence-electron chi connectivity index (χ1n) is 8.36. The number of nitrogens with one attached hydrogen (secondary N) is 1. The summed E-state index contributed by atoms with van der Waals surface area (Å²) in [5.74, 6) is 0. The third-order valence-electron chi connectivity index (χ3n) is 4.14. The Morgan fingerprint density at radius 3 is 2.43 bits per heavy atom. The standard InChI is InChI=1S/C17H32N2O2/c1-6-17(12-18,19-13(2)3)8-7-9-20-16-10-14(4)21-15(5)11-16/h13-16,19H,6-11H2,1-5H3. The average molecular weight is 296 g/mol. The van der Waals surface area contributed by atoms with Gasteiger partial charge in [0.1, 0.15) is 5.54 Å². The predicted octanol–water partition coefficient (Wildman–Crippen LogP) is 3.41. The Kier molecular flexibility index (Phi) is 7.65. The number of ether oxygens (including phenoxy) is 2. The molecule has 0 bridgehead atoms. The zero-order chi connectivity index (χ0) is 15.9. The van der Waals surface area contributed by atoms with Gasteiger partial charge in [0.05, 0.1) is 24.4 Å². The largest absolute Gasteiger partial charge is 0.378 e. The SMILES string of the molecule is CCC(C#N)(CCCOC1CC(C)OC(C)C1)NC(C)C. The number of nitriles is 1. The van der Waals surface area contributed by atoms with Crippen LogP contribution in [-0.4, -0.2) is 36.5 Å². The summed E-state index contributed by atoms with van der Waals surface area (Å²) < 4.78 is 11.7. The maximum Gasteiger partial charge on any atom is 0.106 e. The molecule has 4 heteroatoms. The van der Waals surface area contributed by atoms with Crippen LogP contribution in [0.1, 0.15) is 66.7 Å². The Balaban J connectivity index is 2.33. The number of nitrogens with zero attached hydrogens (tertiary/aromatic N) is 1. The lowest BCUT2D eigenvalue weighted by Crippen LogP contribution is -2.47. The molecule has 1 rings (SSSR count). The smallest absolute Gasteiger partial charge is 0.106 e. The number of hydrogen-bond donors (Lipinski definition) is 1. The molecule has 1 heterocycles. The molecule has 0 aliphatic carbocycles. The third kappa shape index (κ3) is 6.34. The van der Waals surface area contributed by atoms with Gasteiger partial charge in [-0.25, -0.2) is 0 Å². The second kappa shape index (κ2) is 8.73. The lowest BCUT2D eigenvalue weighted by molar-refractivity contribution is -0.102. The molecule has 0 amide bonds. The van der Waals surface area contributed by atoms with Gasteiger partial charge in [0.15, 0.2) is 0 Å². The van der Waals surface area contributed by atoms with Gasteiger partial charge in [0, 0.05) is 12.6 Å². The van der Waals surface area contributed by atoms with E-state index in [0.717, 1.165) is 38.7 Å². The average Bonchev–Trinajstić information content (AvgIpc) is 2.41. The number of rotatable bonds is 8. The van der Waals surface area contributed by atoms with E-state index in [1.165, 1.54) is 0 Å². The highest BCUT2D eigenvalue weighted by atomic mass is 16.5. The molecule has 21 heavy (non-hydrogen) atoms. The summed E-state index contributed by atoms with van der Waals surface area (Å²) in [6, 6.07) is 2.78. The van der Waals surface area contributed by atoms with Gasteiger partial charge in [-0.15, -0.1) is 0 Å². The summed E-state index contributed by atoms with van der Waals surface area (Å²) >= 11 is 0. The van der Waals surface area contributed by atoms with Crippen molar-refractivity contribution < 1.29 is 9.47 Å². The molecule has 1 saturated heterocycles. The fourth-order valence-corrected chi connectivity index (χ4v) is 3.18. The Hall–Kier alpha value is -0.630. The molecule has 1 aliphatic rings. The first-order chi connectivity index (χ1) is 9.90. The summed E-state index contributed by atoms with van der Waals surface area (Å²) in [4.78, 5) is 0. The van der Waals surface area contributed by atoms with Crippen LogP contribution < -0.4 is 5.32 Å². The quantitative estimate of drug-likeness (QED) is 0.697. The molecule has 1 aliphatic heterocycles. The highest BCUT2D eigenvalue weighted by molar-refractivity contribution is 5.06. The van der Waals surface area contributed by atoms with Crippen molar-refractivity contribution in [2.45, 2.75) is 96.6 Å². The van der Waals surface area contributed by atoms with Gasteiger partial charge in [-0.3, -0.25) is 5.32 Å². The van der Waals surface area contributed by atoms with Crippen LogP contribution in [0.15, 0.2) is 0 Å². The van der Waals surface area contributed by atoms with Crippen molar-refractivity contribution >= 4 is 0 Å². The molecular weight excluding hydrogens is 264 g/mol. The molecule has 3 unspecified atom stereocenters. The van der Waals surface area contributed by atoms with Gasteiger partial charge >= 0.3 is 0 Å². The second-order valence-electron chi connectivity index (χ2n) is 6.67. The molecule has 122 valence electrons. The van der Waals surface area contributed by atoms with Crippen LogP contribution in [0.2, 0.25) is 0 Å². The predicted molar refractivity (Wildman–Crippen MR) is 85.1 cm³/mol. The van der Waals surface area contributed by atoms with Crippen LogP contribution in [0.5, 0.6) is 0 Å². The lowest BCUT2D eigenvalue weighted by atomic mass is 9.91. The van der Waals surface area contributed by atoms with E-state index < -0.39 is 5.54 Å². The van der Waals surface area contributed by atoms with Gasteiger partial charge in [-0.1, -0.05) is 6.92 Å². The topological polar surface area (TPSA) is 54.3 Å². The molecular formula is C17H32N2O2. The van der Waals surface area contributed by atoms with Crippen molar-refractivity contribution in [1.29, 1.82) is 5.26 Å². The van der Waals surface area contributed by atoms with E-state index in [-0.39, 0.29) is 12.2 Å². The second-order valence-corrected chi connectivity index (χ2v) is 6.67. The van der Waals surface area contributed by atoms with Crippen molar-refractivity contribution in [1.82, 2.24) is 5.32 Å². The zero-order valence-corrected chi connectivity index (χ0v) is 14.3. The first-order valence-corrected chi connectivity index (χ1v) is 8.36. The number of hydrogen-bond acceptors (Lipinski definition) is 4. The Labute approximate surface area is 130 Å². The molecule has 0 aromatic carbocycles. The summed E-state index contributed by atoms with van der Waals surface area (Å²) in [5, 5.41) is 12.9. The molecule has 0 spiro atoms. The van der Waals surface area contributed by atoms with E-state index in [4.69, 9.17) is 9.47 Å². The Morgan fingerprint density at radius 2 is 1.95 bits per heavy atom. The highest BCUT2D eigenvalue weighted by Crippen LogP contribution is 2.23. The van der Waals surface area contributed by atoms with Crippen LogP contribution in [0.25, 0.3) is 0 Å². The molecule has 4 nitrogen and oxygen atoms in total. The van der Waals surface area contributed by atoms with Crippen molar-refractivity contribution in [2.75, 3.05) is 6.61 Å². The summed E-state index contributed by atoms with van der Waals surface area (Å²) in [6.45, 7) is 11.2. The van der Waals surface area contributed by atoms with Crippen molar-refractivity contribution in [3.63, 3.8) is 0 Å². The monoisotopic (exact) mass is 296 g/mol. The lowest BCUT2D eigenvalue weighted by Gasteiger charge is -2.32. The minimum absolute atomic E-state index is 0.287. The van der Waals surface area contributed by atoms with Crippen molar-refractivity contribution in [2.24, 2.45) is 0 Å². The molecule has 0 radical (unpaired) electrons. The normalized spacial score (nSPS) is 29.1. The van der Waals surface area contributed by atoms with E-state index in [1.54, 1.807) is 0 Å². The fraction of sp³-hybridized carbons (Fsp3) is 0.941. The van der Waals surface area contributed by atoms with Crippen LogP contribution >= 0.6 is 0 Å². The van der Waals surface area contributed by atoms with E-state index in [0.29, 0.717) is 12.1 Å². The fourth-order valence-electron chi connectivity index (χ4n) is 3.18. The molecule has 3 atom stereocenters.